The first-order chi connectivity index (χ1) is 2.27. The predicted molar refractivity (Wildman–Crippen MR) is 10.2 cm³/mol. The summed E-state index contributed by atoms with van der Waals surface area (Å²) in [5.74, 6) is 0. The standard InChI is InChI=1S/CHFO3.Ce.La/c2-5-1(3)4;;/h(H,3,4);;. The first-order valence-electron chi connectivity index (χ1n) is 0.786. The van der Waals surface area contributed by atoms with Gasteiger partial charge in [0, 0.05) is 81.9 Å². The molecule has 0 bridgehead atoms. The van der Waals surface area contributed by atoms with Crippen LogP contribution >= 0.6 is 0 Å². The molecule has 0 aromatic rings. The van der Waals surface area contributed by atoms with Crippen molar-refractivity contribution < 1.29 is 96.7 Å². The van der Waals surface area contributed by atoms with Crippen molar-refractivity contribution in [2.24, 2.45) is 0 Å². The van der Waals surface area contributed by atoms with Crippen LogP contribution in [-0.4, -0.2) is 11.3 Å². The molecule has 37 valence electrons. The van der Waals surface area contributed by atoms with Gasteiger partial charge >= 0.3 is 6.16 Å². The first kappa shape index (κ1) is 15.9. The summed E-state index contributed by atoms with van der Waals surface area (Å²) in [6, 6.07) is 0. The summed E-state index contributed by atoms with van der Waals surface area (Å²) in [4.78, 5) is 10.9. The minimum absolute atomic E-state index is 0. The fourth-order valence-corrected chi connectivity index (χ4v) is 0. The van der Waals surface area contributed by atoms with Crippen molar-refractivity contribution in [1.29, 1.82) is 0 Å². The van der Waals surface area contributed by atoms with E-state index in [2.05, 4.69) is 4.94 Å². The zero-order valence-electron chi connectivity index (χ0n) is 3.22. The van der Waals surface area contributed by atoms with Gasteiger partial charge in [-0.2, -0.15) is 0 Å². The molecule has 1 N–H and O–H groups in total. The molecule has 0 aromatic carbocycles. The summed E-state index contributed by atoms with van der Waals surface area (Å²) < 4.78 is 10.0. The molecule has 0 rings (SSSR count). The van der Waals surface area contributed by atoms with Crippen LogP contribution in [0.25, 0.3) is 0 Å². The fourth-order valence-electron chi connectivity index (χ4n) is 0. The fraction of sp³-hybridized carbons (Fsp3) is 0. The molecule has 0 spiro atoms. The normalized spacial score (nSPS) is 4.71. The summed E-state index contributed by atoms with van der Waals surface area (Å²) >= 11 is 0. The van der Waals surface area contributed by atoms with Gasteiger partial charge < -0.3 is 5.11 Å². The second-order valence-electron chi connectivity index (χ2n) is 0.343. The van der Waals surface area contributed by atoms with E-state index < -0.39 is 6.16 Å². The van der Waals surface area contributed by atoms with Gasteiger partial charge in [0.05, 0.1) is 0 Å². The van der Waals surface area contributed by atoms with Gasteiger partial charge in [0.1, 0.15) is 0 Å². The Bertz CT molecular complexity index is 50.2. The zero-order chi connectivity index (χ0) is 4.28. The Morgan fingerprint density at radius 1 is 1.71 bits per heavy atom. The van der Waals surface area contributed by atoms with Crippen molar-refractivity contribution in [3.8, 4) is 0 Å². The molecule has 0 heterocycles. The first-order valence-corrected chi connectivity index (χ1v) is 0.786. The summed E-state index contributed by atoms with van der Waals surface area (Å²) in [5, 5.41) is 7.12. The molecule has 7 heavy (non-hydrogen) atoms. The second kappa shape index (κ2) is 10.7. The Balaban J connectivity index is -0.0000000800. The maximum Gasteiger partial charge on any atom is 0.542 e. The van der Waals surface area contributed by atoms with Crippen LogP contribution in [0.1, 0.15) is 0 Å². The van der Waals surface area contributed by atoms with E-state index in [0.717, 1.165) is 0 Å². The van der Waals surface area contributed by atoms with Crippen LogP contribution < -0.4 is 0 Å². The van der Waals surface area contributed by atoms with Crippen molar-refractivity contribution >= 4 is 6.16 Å². The number of carboxylic acid groups (broad SMARTS) is 1. The van der Waals surface area contributed by atoms with E-state index in [-0.39, 0.29) is 77.3 Å². The average Bonchev–Trinajstić information content (AvgIpc) is 1.38. The summed E-state index contributed by atoms with van der Waals surface area (Å²) in [5.41, 5.74) is 0. The maximum absolute atomic E-state index is 10.0. The van der Waals surface area contributed by atoms with Gasteiger partial charge in [-0.05, 0) is 0 Å². The minimum atomic E-state index is -1.91. The van der Waals surface area contributed by atoms with E-state index >= 15 is 0 Å². The minimum Gasteiger partial charge on any atom is -0.448 e. The molecule has 0 atom stereocenters. The largest absolute Gasteiger partial charge is 0.542 e. The molecule has 0 amide bonds. The van der Waals surface area contributed by atoms with Crippen LogP contribution in [0.4, 0.5) is 9.32 Å². The van der Waals surface area contributed by atoms with E-state index in [0.29, 0.717) is 0 Å². The number of hydrogen-bond acceptors (Lipinski definition) is 2. The Hall–Kier alpha value is 1.77. The van der Waals surface area contributed by atoms with Crippen LogP contribution in [0.15, 0.2) is 0 Å². The number of rotatable bonds is 0. The molecule has 0 saturated carbocycles. The third-order valence-corrected chi connectivity index (χ3v) is 0.0660. The van der Waals surface area contributed by atoms with Gasteiger partial charge in [0.25, 0.3) is 0 Å². The van der Waals surface area contributed by atoms with Gasteiger partial charge in [0.15, 0.2) is 0 Å². The molecule has 0 aliphatic heterocycles. The van der Waals surface area contributed by atoms with Crippen molar-refractivity contribution in [1.82, 2.24) is 0 Å². The van der Waals surface area contributed by atoms with Crippen LogP contribution in [0.3, 0.4) is 0 Å². The van der Waals surface area contributed by atoms with E-state index in [1.807, 2.05) is 0 Å². The Morgan fingerprint density at radius 2 is 1.86 bits per heavy atom. The van der Waals surface area contributed by atoms with Crippen LogP contribution in [0, 0.1) is 77.3 Å². The molecule has 0 unspecified atom stereocenters. The third-order valence-electron chi connectivity index (χ3n) is 0.0660. The molecular formula is CHCeFLaO3. The maximum atomic E-state index is 10.0. The molecule has 0 aliphatic rings. The molecule has 0 aromatic heterocycles. The van der Waals surface area contributed by atoms with Crippen LogP contribution in [-0.2, 0) is 4.94 Å². The van der Waals surface area contributed by atoms with E-state index in [4.69, 9.17) is 9.90 Å². The van der Waals surface area contributed by atoms with Crippen molar-refractivity contribution in [2.75, 3.05) is 0 Å². The molecule has 0 aliphatic carbocycles. The van der Waals surface area contributed by atoms with Gasteiger partial charge in [-0.15, -0.1) is 0 Å². The molecule has 6 heteroatoms. The quantitative estimate of drug-likeness (QED) is 0.688. The van der Waals surface area contributed by atoms with Gasteiger partial charge in [-0.1, -0.05) is 0 Å². The summed E-state index contributed by atoms with van der Waals surface area (Å²) in [6.45, 7) is 0. The van der Waals surface area contributed by atoms with Crippen LogP contribution in [0.2, 0.25) is 0 Å². The molecule has 0 fully saturated rings. The van der Waals surface area contributed by atoms with Crippen molar-refractivity contribution in [2.45, 2.75) is 0 Å². The molecule has 3 nitrogen and oxygen atoms in total. The van der Waals surface area contributed by atoms with Crippen molar-refractivity contribution in [3.63, 3.8) is 0 Å². The van der Waals surface area contributed by atoms with E-state index in [1.54, 1.807) is 0 Å². The predicted octanol–water partition coefficient (Wildman–Crippen LogP) is 0.566. The second-order valence-corrected chi connectivity index (χ2v) is 0.343. The van der Waals surface area contributed by atoms with E-state index in [1.165, 1.54) is 0 Å². The Labute approximate surface area is 101 Å². The Morgan fingerprint density at radius 3 is 1.86 bits per heavy atom. The van der Waals surface area contributed by atoms with Gasteiger partial charge in [-0.3, -0.25) is 0 Å². The van der Waals surface area contributed by atoms with E-state index in [9.17, 15) is 4.53 Å². The molecular weight excluding hydrogens is 358 g/mol. The Kier molecular flexibility index (Phi) is 24.3. The van der Waals surface area contributed by atoms with Crippen molar-refractivity contribution in [3.05, 3.63) is 0 Å². The number of hydrogen-bond donors (Lipinski definition) is 1. The monoisotopic (exact) mass is 359 g/mol. The topological polar surface area (TPSA) is 46.5 Å². The summed E-state index contributed by atoms with van der Waals surface area (Å²) in [7, 11) is 0. The van der Waals surface area contributed by atoms with Gasteiger partial charge in [0.2, 0.25) is 0 Å². The zero-order valence-corrected chi connectivity index (χ0v) is 9.98. The molecule has 1 radical (unpaired) electrons. The average molecular weight is 359 g/mol. The number of halogens is 1. The summed E-state index contributed by atoms with van der Waals surface area (Å²) in [6.07, 6.45) is -1.91. The van der Waals surface area contributed by atoms with Crippen LogP contribution in [0.5, 0.6) is 0 Å². The van der Waals surface area contributed by atoms with Gasteiger partial charge in [-0.25, -0.2) is 9.74 Å². The molecule has 0 saturated heterocycles. The SMILES string of the molecule is O=C(O)OF.[Ce].[La]. The third kappa shape index (κ3) is 18.2. The smallest absolute Gasteiger partial charge is 0.448 e. The number of carbonyl (C=O) groups is 1.